The summed E-state index contributed by atoms with van der Waals surface area (Å²) in [5, 5.41) is 10.4. The zero-order valence-corrected chi connectivity index (χ0v) is 27.6. The molecule has 1 unspecified atom stereocenters. The van der Waals surface area contributed by atoms with Gasteiger partial charge < -0.3 is 9.90 Å². The van der Waals surface area contributed by atoms with E-state index in [4.69, 9.17) is 0 Å². The minimum Gasteiger partial charge on any atom is -0.544 e. The van der Waals surface area contributed by atoms with Crippen LogP contribution in [0.2, 0.25) is 0 Å². The predicted molar refractivity (Wildman–Crippen MR) is 171 cm³/mol. The number of aromatic nitrogens is 1. The van der Waals surface area contributed by atoms with Crippen LogP contribution < -0.4 is 20.5 Å². The summed E-state index contributed by atoms with van der Waals surface area (Å²) in [5.41, 5.74) is 5.66. The van der Waals surface area contributed by atoms with E-state index in [9.17, 15) is 32.3 Å². The van der Waals surface area contributed by atoms with Crippen molar-refractivity contribution in [1.29, 1.82) is 0 Å². The Kier molecular flexibility index (Phi) is 17.7. The Labute approximate surface area is 272 Å². The number of nitrogens with one attached hydrogen (secondary N) is 2. The van der Waals surface area contributed by atoms with Crippen molar-refractivity contribution in [3.63, 3.8) is 0 Å². The maximum atomic E-state index is 13.7. The van der Waals surface area contributed by atoms with Gasteiger partial charge in [-0.1, -0.05) is 122 Å². The van der Waals surface area contributed by atoms with Crippen LogP contribution in [-0.4, -0.2) is 23.7 Å². The van der Waals surface area contributed by atoms with Gasteiger partial charge in [-0.05, 0) is 36.0 Å². The highest BCUT2D eigenvalue weighted by Crippen LogP contribution is 2.34. The summed E-state index contributed by atoms with van der Waals surface area (Å²) in [6.45, 7) is 5.21. The number of unbranched alkanes of at least 4 members (excludes halogenated alkanes) is 15. The number of rotatable bonds is 25. The Morgan fingerprint density at radius 1 is 0.739 bits per heavy atom. The van der Waals surface area contributed by atoms with Crippen LogP contribution in [0.5, 0.6) is 0 Å². The molecule has 46 heavy (non-hydrogen) atoms. The first-order chi connectivity index (χ1) is 22.0. The van der Waals surface area contributed by atoms with E-state index >= 15 is 0 Å². The van der Waals surface area contributed by atoms with E-state index in [1.165, 1.54) is 108 Å². The van der Waals surface area contributed by atoms with Crippen LogP contribution in [0, 0.1) is 0 Å². The number of carbonyl (C=O) groups is 2. The lowest BCUT2D eigenvalue weighted by Crippen LogP contribution is -2.61. The van der Waals surface area contributed by atoms with Gasteiger partial charge in [-0.3, -0.25) is 15.6 Å². The van der Waals surface area contributed by atoms with Gasteiger partial charge in [0.2, 0.25) is 0 Å². The molecule has 1 aromatic carbocycles. The molecule has 0 radical (unpaired) electrons. The van der Waals surface area contributed by atoms with Crippen molar-refractivity contribution in [2.24, 2.45) is 0 Å². The Morgan fingerprint density at radius 2 is 1.22 bits per heavy atom. The molecule has 1 atom stereocenters. The van der Waals surface area contributed by atoms with Crippen molar-refractivity contribution in [3.8, 4) is 0 Å². The normalized spacial score (nSPS) is 12.6. The van der Waals surface area contributed by atoms with Crippen molar-refractivity contribution in [2.75, 3.05) is 5.43 Å². The SMILES string of the molecule is CCCCCCCCCCCCCCCCCC[n+]1ccc(C(C)Cc2ccccc2NNC(=O)C(F)(F)C(F)(F)C(=O)[O-])cc1. The fourth-order valence-electron chi connectivity index (χ4n) is 5.53. The molecule has 0 aliphatic rings. The van der Waals surface area contributed by atoms with Gasteiger partial charge >= 0.3 is 17.8 Å². The molecule has 2 N–H and O–H groups in total. The second-order valence-corrected chi connectivity index (χ2v) is 12.5. The number of hydrazine groups is 1. The summed E-state index contributed by atoms with van der Waals surface area (Å²) in [5.74, 6) is -17.0. The Hall–Kier alpha value is -3.17. The summed E-state index contributed by atoms with van der Waals surface area (Å²) in [4.78, 5) is 22.1. The number of hydrogen-bond donors (Lipinski definition) is 2. The van der Waals surface area contributed by atoms with Crippen molar-refractivity contribution in [1.82, 2.24) is 5.43 Å². The first-order valence-corrected chi connectivity index (χ1v) is 17.1. The molecule has 0 saturated heterocycles. The van der Waals surface area contributed by atoms with E-state index in [0.29, 0.717) is 12.0 Å². The van der Waals surface area contributed by atoms with Crippen molar-refractivity contribution in [2.45, 2.75) is 147 Å². The zero-order valence-electron chi connectivity index (χ0n) is 27.6. The largest absolute Gasteiger partial charge is 0.544 e. The van der Waals surface area contributed by atoms with Crippen molar-refractivity contribution < 1.29 is 36.8 Å². The number of hydrogen-bond acceptors (Lipinski definition) is 4. The molecule has 1 amide bonds. The maximum Gasteiger partial charge on any atom is 0.393 e. The van der Waals surface area contributed by atoms with Gasteiger partial charge in [0, 0.05) is 18.6 Å². The molecule has 0 spiro atoms. The number of aryl methyl sites for hydroxylation is 1. The van der Waals surface area contributed by atoms with Crippen LogP contribution in [0.1, 0.15) is 134 Å². The van der Waals surface area contributed by atoms with E-state index in [1.54, 1.807) is 18.2 Å². The second-order valence-electron chi connectivity index (χ2n) is 12.5. The molecule has 10 heteroatoms. The molecule has 2 aromatic rings. The molecule has 1 aromatic heterocycles. The first-order valence-electron chi connectivity index (χ1n) is 17.1. The van der Waals surface area contributed by atoms with E-state index in [0.717, 1.165) is 18.5 Å². The molecule has 258 valence electrons. The third kappa shape index (κ3) is 13.3. The number of benzene rings is 1. The number of nitrogens with zero attached hydrogens (tertiary/aromatic N) is 1. The van der Waals surface area contributed by atoms with Crippen molar-refractivity contribution in [3.05, 3.63) is 59.9 Å². The lowest BCUT2D eigenvalue weighted by molar-refractivity contribution is -0.697. The van der Waals surface area contributed by atoms with E-state index in [-0.39, 0.29) is 11.6 Å². The number of pyridine rings is 1. The quantitative estimate of drug-likeness (QED) is 0.0493. The average Bonchev–Trinajstić information content (AvgIpc) is 3.04. The second kappa shape index (κ2) is 20.9. The minimum atomic E-state index is -5.66. The van der Waals surface area contributed by atoms with Gasteiger partial charge in [0.15, 0.2) is 12.4 Å². The number of carboxylic acid groups (broad SMARTS) is 1. The highest BCUT2D eigenvalue weighted by atomic mass is 19.3. The summed E-state index contributed by atoms with van der Waals surface area (Å²) in [7, 11) is 0. The van der Waals surface area contributed by atoms with Gasteiger partial charge in [0.05, 0.1) is 5.69 Å². The molecule has 2 rings (SSSR count). The lowest BCUT2D eigenvalue weighted by atomic mass is 9.93. The standard InChI is InChI=1S/C36H53F4N3O3/c1-3-4-5-6-7-8-9-10-11-12-13-14-15-16-17-20-25-43-26-23-30(24-27-43)29(2)28-31-21-18-19-22-32(31)41-42-33(44)35(37,38)36(39,40)34(45)46/h18-19,21-24,26-27,29,41H,3-17,20,25,28H2,1-2H3,(H-,42,44,45,46). The van der Waals surface area contributed by atoms with Gasteiger partial charge in [-0.15, -0.1) is 0 Å². The number of amides is 1. The topological polar surface area (TPSA) is 85.1 Å². The summed E-state index contributed by atoms with van der Waals surface area (Å²) >= 11 is 0. The summed E-state index contributed by atoms with van der Waals surface area (Å²) < 4.78 is 56.2. The number of carbonyl (C=O) groups excluding carboxylic acids is 2. The Balaban J connectivity index is 1.65. The monoisotopic (exact) mass is 651 g/mol. The minimum absolute atomic E-state index is 0.0210. The molecule has 0 aliphatic carbocycles. The molecule has 1 heterocycles. The van der Waals surface area contributed by atoms with Crippen LogP contribution in [0.15, 0.2) is 48.8 Å². The molecule has 0 fully saturated rings. The van der Waals surface area contributed by atoms with E-state index < -0.39 is 23.7 Å². The number of anilines is 1. The number of carboxylic acids is 1. The molecule has 0 aliphatic heterocycles. The predicted octanol–water partition coefficient (Wildman–Crippen LogP) is 8.05. The molecular formula is C36H53F4N3O3. The zero-order chi connectivity index (χ0) is 33.8. The fraction of sp³-hybridized carbons (Fsp3) is 0.639. The maximum absolute atomic E-state index is 13.7. The van der Waals surface area contributed by atoms with Crippen LogP contribution >= 0.6 is 0 Å². The fourth-order valence-corrected chi connectivity index (χ4v) is 5.53. The van der Waals surface area contributed by atoms with E-state index in [1.807, 2.05) is 31.5 Å². The van der Waals surface area contributed by atoms with Crippen LogP contribution in [-0.2, 0) is 22.6 Å². The van der Waals surface area contributed by atoms with Gasteiger partial charge in [0.25, 0.3) is 0 Å². The van der Waals surface area contributed by atoms with Crippen LogP contribution in [0.4, 0.5) is 23.2 Å². The first kappa shape index (κ1) is 39.0. The van der Waals surface area contributed by atoms with Crippen LogP contribution in [0.3, 0.4) is 0 Å². The third-order valence-corrected chi connectivity index (χ3v) is 8.55. The molecule has 0 saturated carbocycles. The number of aliphatic carboxylic acids is 1. The highest BCUT2D eigenvalue weighted by Gasteiger charge is 2.63. The van der Waals surface area contributed by atoms with Gasteiger partial charge in [-0.2, -0.15) is 17.6 Å². The third-order valence-electron chi connectivity index (χ3n) is 8.55. The van der Waals surface area contributed by atoms with Crippen LogP contribution in [0.25, 0.3) is 0 Å². The van der Waals surface area contributed by atoms with Crippen molar-refractivity contribution >= 4 is 17.6 Å². The number of alkyl halides is 4. The molecule has 6 nitrogen and oxygen atoms in total. The average molecular weight is 652 g/mol. The highest BCUT2D eigenvalue weighted by molar-refractivity contribution is 5.92. The van der Waals surface area contributed by atoms with Gasteiger partial charge in [0.1, 0.15) is 12.5 Å². The van der Waals surface area contributed by atoms with Gasteiger partial charge in [-0.25, -0.2) is 4.57 Å². The van der Waals surface area contributed by atoms with E-state index in [2.05, 4.69) is 16.9 Å². The lowest BCUT2D eigenvalue weighted by Gasteiger charge is -2.26. The molecular weight excluding hydrogens is 598 g/mol. The number of halogens is 4. The smallest absolute Gasteiger partial charge is 0.393 e. The summed E-state index contributed by atoms with van der Waals surface area (Å²) in [6.07, 6.45) is 25.9. The molecule has 0 bridgehead atoms. The Bertz CT molecular complexity index is 1160. The Morgan fingerprint density at radius 3 is 1.72 bits per heavy atom. The summed E-state index contributed by atoms with van der Waals surface area (Å²) in [6, 6.07) is 10.6. The number of para-hydroxylation sites is 1.